The van der Waals surface area contributed by atoms with Crippen molar-refractivity contribution in [3.63, 3.8) is 0 Å². The Kier molecular flexibility index (Phi) is 4.53. The van der Waals surface area contributed by atoms with E-state index in [0.29, 0.717) is 29.2 Å². The Labute approximate surface area is 140 Å². The second-order valence-electron chi connectivity index (χ2n) is 5.53. The van der Waals surface area contributed by atoms with Gasteiger partial charge < -0.3 is 19.7 Å². The number of aliphatic hydroxyl groups is 1. The van der Waals surface area contributed by atoms with Crippen molar-refractivity contribution in [1.82, 2.24) is 4.57 Å². The maximum Gasteiger partial charge on any atom is 0.256 e. The highest BCUT2D eigenvalue weighted by Crippen LogP contribution is 2.25. The number of hydrogen-bond donors (Lipinski definition) is 2. The number of amides is 1. The number of carbonyl (C=O) groups excluding carboxylic acids is 1. The van der Waals surface area contributed by atoms with E-state index in [1.54, 1.807) is 24.3 Å². The third-order valence-corrected chi connectivity index (χ3v) is 3.96. The Bertz CT molecular complexity index is 883. The molecular formula is C19H20N2O3. The van der Waals surface area contributed by atoms with Crippen molar-refractivity contribution >= 4 is 22.5 Å². The number of nitrogens with zero attached hydrogens (tertiary/aromatic N) is 1. The van der Waals surface area contributed by atoms with E-state index in [1.165, 1.54) is 0 Å². The van der Waals surface area contributed by atoms with Gasteiger partial charge in [0.25, 0.3) is 5.91 Å². The van der Waals surface area contributed by atoms with Gasteiger partial charge in [-0.05, 0) is 43.3 Å². The molecule has 0 aliphatic heterocycles. The Morgan fingerprint density at radius 1 is 1.25 bits per heavy atom. The normalized spacial score (nSPS) is 10.8. The molecule has 0 bridgehead atoms. The van der Waals surface area contributed by atoms with E-state index in [-0.39, 0.29) is 12.5 Å². The number of hydrogen-bond acceptors (Lipinski definition) is 3. The van der Waals surface area contributed by atoms with Gasteiger partial charge in [0.15, 0.2) is 0 Å². The number of fused-ring (bicyclic) bond motifs is 1. The highest BCUT2D eigenvalue weighted by molar-refractivity contribution is 6.12. The van der Waals surface area contributed by atoms with E-state index in [9.17, 15) is 9.90 Å². The van der Waals surface area contributed by atoms with Crippen molar-refractivity contribution in [3.05, 3.63) is 59.8 Å². The average molecular weight is 324 g/mol. The van der Waals surface area contributed by atoms with Gasteiger partial charge in [-0.3, -0.25) is 4.79 Å². The van der Waals surface area contributed by atoms with E-state index in [4.69, 9.17) is 4.74 Å². The molecule has 1 amide bonds. The van der Waals surface area contributed by atoms with E-state index in [2.05, 4.69) is 5.32 Å². The molecule has 0 aliphatic carbocycles. The number of anilines is 1. The Balaban J connectivity index is 1.89. The molecule has 2 N–H and O–H groups in total. The summed E-state index contributed by atoms with van der Waals surface area (Å²) >= 11 is 0. The number of nitrogens with one attached hydrogen (secondary N) is 1. The van der Waals surface area contributed by atoms with Gasteiger partial charge in [-0.15, -0.1) is 0 Å². The van der Waals surface area contributed by atoms with Crippen LogP contribution in [0.4, 0.5) is 5.69 Å². The van der Waals surface area contributed by atoms with Gasteiger partial charge in [0.2, 0.25) is 0 Å². The molecule has 0 spiro atoms. The van der Waals surface area contributed by atoms with Crippen LogP contribution in [0.15, 0.2) is 48.7 Å². The Morgan fingerprint density at radius 3 is 2.83 bits per heavy atom. The summed E-state index contributed by atoms with van der Waals surface area (Å²) in [6.07, 6.45) is 1.93. The number of rotatable bonds is 5. The number of carbonyl (C=O) groups is 1. The highest BCUT2D eigenvalue weighted by atomic mass is 16.5. The second kappa shape index (κ2) is 6.76. The van der Waals surface area contributed by atoms with Crippen LogP contribution >= 0.6 is 0 Å². The van der Waals surface area contributed by atoms with Crippen LogP contribution in [0.5, 0.6) is 5.75 Å². The highest BCUT2D eigenvalue weighted by Gasteiger charge is 2.13. The lowest BCUT2D eigenvalue weighted by Gasteiger charge is -2.12. The van der Waals surface area contributed by atoms with E-state index in [1.807, 2.05) is 42.9 Å². The predicted octanol–water partition coefficient (Wildman–Crippen LogP) is 3.32. The lowest BCUT2D eigenvalue weighted by atomic mass is 10.1. The van der Waals surface area contributed by atoms with Crippen molar-refractivity contribution in [3.8, 4) is 5.75 Å². The first-order valence-electron chi connectivity index (χ1n) is 7.86. The molecule has 124 valence electrons. The average Bonchev–Trinajstić information content (AvgIpc) is 2.97. The van der Waals surface area contributed by atoms with Gasteiger partial charge >= 0.3 is 0 Å². The topological polar surface area (TPSA) is 63.5 Å². The van der Waals surface area contributed by atoms with Gasteiger partial charge in [0.05, 0.1) is 13.2 Å². The molecule has 0 fully saturated rings. The minimum Gasteiger partial charge on any atom is -0.494 e. The summed E-state index contributed by atoms with van der Waals surface area (Å²) < 4.78 is 7.44. The summed E-state index contributed by atoms with van der Waals surface area (Å²) in [7, 11) is 1.95. The Morgan fingerprint density at radius 2 is 2.08 bits per heavy atom. The summed E-state index contributed by atoms with van der Waals surface area (Å²) in [5, 5.41) is 13.3. The van der Waals surface area contributed by atoms with Gasteiger partial charge in [-0.25, -0.2) is 0 Å². The third-order valence-electron chi connectivity index (χ3n) is 3.96. The number of aromatic nitrogens is 1. The predicted molar refractivity (Wildman–Crippen MR) is 94.4 cm³/mol. The van der Waals surface area contributed by atoms with Crippen molar-refractivity contribution in [2.75, 3.05) is 11.9 Å². The first-order chi connectivity index (χ1) is 11.6. The molecule has 0 saturated carbocycles. The van der Waals surface area contributed by atoms with Crippen molar-refractivity contribution in [2.45, 2.75) is 13.5 Å². The van der Waals surface area contributed by atoms with Crippen LogP contribution in [0.2, 0.25) is 0 Å². The van der Waals surface area contributed by atoms with Gasteiger partial charge in [0, 0.05) is 41.0 Å². The van der Waals surface area contributed by atoms with Crippen LogP contribution in [-0.4, -0.2) is 22.2 Å². The summed E-state index contributed by atoms with van der Waals surface area (Å²) in [5.41, 5.74) is 2.89. The van der Waals surface area contributed by atoms with Crippen LogP contribution < -0.4 is 10.1 Å². The molecule has 5 nitrogen and oxygen atoms in total. The number of aryl methyl sites for hydroxylation is 1. The molecule has 3 aromatic rings. The number of ether oxygens (including phenoxy) is 1. The van der Waals surface area contributed by atoms with E-state index >= 15 is 0 Å². The molecular weight excluding hydrogens is 304 g/mol. The molecule has 24 heavy (non-hydrogen) atoms. The van der Waals surface area contributed by atoms with E-state index in [0.717, 1.165) is 10.9 Å². The zero-order valence-corrected chi connectivity index (χ0v) is 13.7. The first-order valence-corrected chi connectivity index (χ1v) is 7.86. The van der Waals surface area contributed by atoms with Gasteiger partial charge in [-0.1, -0.05) is 6.07 Å². The van der Waals surface area contributed by atoms with Crippen LogP contribution in [0.1, 0.15) is 22.8 Å². The minimum atomic E-state index is -0.181. The summed E-state index contributed by atoms with van der Waals surface area (Å²) in [5.74, 6) is 0.447. The lowest BCUT2D eigenvalue weighted by molar-refractivity contribution is 0.102. The number of aliphatic hydroxyl groups excluding tert-OH is 1. The molecule has 1 aromatic heterocycles. The molecule has 5 heteroatoms. The zero-order chi connectivity index (χ0) is 17.1. The van der Waals surface area contributed by atoms with Gasteiger partial charge in [-0.2, -0.15) is 0 Å². The standard InChI is InChI=1S/C19H20N2O3/c1-3-24-18-8-7-14(11-13(18)12-22)20-19(23)16-5-4-6-17-15(16)9-10-21(17)2/h4-11,22H,3,12H2,1-2H3,(H,20,23). The molecule has 0 aliphatic rings. The van der Waals surface area contributed by atoms with E-state index < -0.39 is 0 Å². The second-order valence-corrected chi connectivity index (χ2v) is 5.53. The van der Waals surface area contributed by atoms with Crippen LogP contribution in [0, 0.1) is 0 Å². The molecule has 0 radical (unpaired) electrons. The van der Waals surface area contributed by atoms with Crippen LogP contribution in [-0.2, 0) is 13.7 Å². The fourth-order valence-corrected chi connectivity index (χ4v) is 2.78. The fourth-order valence-electron chi connectivity index (χ4n) is 2.78. The summed E-state index contributed by atoms with van der Waals surface area (Å²) in [4.78, 5) is 12.6. The van der Waals surface area contributed by atoms with Gasteiger partial charge in [0.1, 0.15) is 5.75 Å². The van der Waals surface area contributed by atoms with Crippen molar-refractivity contribution in [1.29, 1.82) is 0 Å². The zero-order valence-electron chi connectivity index (χ0n) is 13.7. The SMILES string of the molecule is CCOc1ccc(NC(=O)c2cccc3c2ccn3C)cc1CO. The maximum absolute atomic E-state index is 12.6. The quantitative estimate of drug-likeness (QED) is 0.757. The smallest absolute Gasteiger partial charge is 0.256 e. The molecule has 0 atom stereocenters. The summed E-state index contributed by atoms with van der Waals surface area (Å²) in [6, 6.07) is 12.8. The number of benzene rings is 2. The molecule has 0 unspecified atom stereocenters. The first kappa shape index (κ1) is 16.1. The van der Waals surface area contributed by atoms with Crippen LogP contribution in [0.25, 0.3) is 10.9 Å². The Hall–Kier alpha value is -2.79. The lowest BCUT2D eigenvalue weighted by Crippen LogP contribution is -2.12. The monoisotopic (exact) mass is 324 g/mol. The summed E-state index contributed by atoms with van der Waals surface area (Å²) in [6.45, 7) is 2.26. The molecule has 1 heterocycles. The minimum absolute atomic E-state index is 0.146. The third kappa shape index (κ3) is 2.98. The maximum atomic E-state index is 12.6. The van der Waals surface area contributed by atoms with Crippen molar-refractivity contribution in [2.24, 2.45) is 7.05 Å². The van der Waals surface area contributed by atoms with Crippen LogP contribution in [0.3, 0.4) is 0 Å². The van der Waals surface area contributed by atoms with Crippen molar-refractivity contribution < 1.29 is 14.6 Å². The molecule has 0 saturated heterocycles. The molecule has 2 aromatic carbocycles. The largest absolute Gasteiger partial charge is 0.494 e. The fraction of sp³-hybridized carbons (Fsp3) is 0.211. The molecule has 3 rings (SSSR count).